The molecule has 0 fully saturated rings. The molecule has 0 radical (unpaired) electrons. The first-order valence-corrected chi connectivity index (χ1v) is 4.50. The molecule has 70 valence electrons. The summed E-state index contributed by atoms with van der Waals surface area (Å²) in [5, 5.41) is 0. The number of hydrogen-bond donors (Lipinski definition) is 1. The van der Waals surface area contributed by atoms with Gasteiger partial charge >= 0.3 is 0 Å². The Morgan fingerprint density at radius 3 is 2.38 bits per heavy atom. The van der Waals surface area contributed by atoms with E-state index in [0.717, 1.165) is 5.56 Å². The van der Waals surface area contributed by atoms with E-state index in [9.17, 15) is 4.79 Å². The third kappa shape index (κ3) is 2.39. The molecule has 1 rings (SSSR count). The Bertz CT molecular complexity index is 289. The topological polar surface area (TPSA) is 43.1 Å². The van der Waals surface area contributed by atoms with Crippen molar-refractivity contribution in [1.29, 1.82) is 0 Å². The van der Waals surface area contributed by atoms with E-state index in [0.29, 0.717) is 6.42 Å². The van der Waals surface area contributed by atoms with Gasteiger partial charge in [-0.2, -0.15) is 0 Å². The summed E-state index contributed by atoms with van der Waals surface area (Å²) >= 11 is 0. The maximum absolute atomic E-state index is 11.3. The van der Waals surface area contributed by atoms with Crippen LogP contribution in [0.3, 0.4) is 0 Å². The van der Waals surface area contributed by atoms with Gasteiger partial charge in [-0.15, -0.1) is 0 Å². The van der Waals surface area contributed by atoms with Crippen LogP contribution in [0.25, 0.3) is 0 Å². The number of Topliss-reactive ketones (excluding diaryl/α,β-unsaturated/α-hetero) is 1. The molecule has 0 spiro atoms. The number of rotatable bonds is 3. The summed E-state index contributed by atoms with van der Waals surface area (Å²) in [4.78, 5) is 11.3. The maximum Gasteiger partial charge on any atom is 0.153 e. The summed E-state index contributed by atoms with van der Waals surface area (Å²) in [6, 6.07) is 7.31. The number of hydrogen-bond acceptors (Lipinski definition) is 2. The lowest BCUT2D eigenvalue weighted by Crippen LogP contribution is -2.20. The Labute approximate surface area is 78.8 Å². The van der Waals surface area contributed by atoms with Gasteiger partial charge in [-0.05, 0) is 12.5 Å². The van der Waals surface area contributed by atoms with Crippen LogP contribution in [0.5, 0.6) is 0 Å². The molecule has 0 aliphatic rings. The fourth-order valence-electron chi connectivity index (χ4n) is 1.18. The number of aryl methyl sites for hydroxylation is 1. The largest absolute Gasteiger partial charge is 0.318 e. The van der Waals surface area contributed by atoms with Crippen molar-refractivity contribution in [1.82, 2.24) is 0 Å². The highest BCUT2D eigenvalue weighted by Crippen LogP contribution is 2.13. The summed E-state index contributed by atoms with van der Waals surface area (Å²) in [5.74, 6) is 0.0869. The van der Waals surface area contributed by atoms with Crippen LogP contribution in [0.4, 0.5) is 0 Å². The van der Waals surface area contributed by atoms with Crippen molar-refractivity contribution in [3.63, 3.8) is 0 Å². The Hall–Kier alpha value is -1.15. The SMILES string of the molecule is CCC(=O)C(N)c1ccc(C)cc1. The van der Waals surface area contributed by atoms with Crippen molar-refractivity contribution in [2.45, 2.75) is 26.3 Å². The molecular formula is C11H15NO. The molecule has 1 atom stereocenters. The number of ketones is 1. The molecule has 1 unspecified atom stereocenters. The first-order chi connectivity index (χ1) is 6.15. The highest BCUT2D eigenvalue weighted by atomic mass is 16.1. The minimum absolute atomic E-state index is 0.0869. The van der Waals surface area contributed by atoms with Crippen molar-refractivity contribution in [3.8, 4) is 0 Å². The average Bonchev–Trinajstić information content (AvgIpc) is 2.17. The molecule has 1 aromatic carbocycles. The lowest BCUT2D eigenvalue weighted by atomic mass is 10.0. The van der Waals surface area contributed by atoms with E-state index in [2.05, 4.69) is 0 Å². The van der Waals surface area contributed by atoms with E-state index in [4.69, 9.17) is 5.73 Å². The quantitative estimate of drug-likeness (QED) is 0.767. The van der Waals surface area contributed by atoms with E-state index in [1.807, 2.05) is 38.1 Å². The van der Waals surface area contributed by atoms with E-state index in [-0.39, 0.29) is 5.78 Å². The minimum Gasteiger partial charge on any atom is -0.318 e. The number of carbonyl (C=O) groups is 1. The predicted molar refractivity (Wildman–Crippen MR) is 53.4 cm³/mol. The minimum atomic E-state index is -0.453. The van der Waals surface area contributed by atoms with Gasteiger partial charge in [0, 0.05) is 6.42 Å². The zero-order valence-electron chi connectivity index (χ0n) is 8.08. The molecule has 0 bridgehead atoms. The average molecular weight is 177 g/mol. The van der Waals surface area contributed by atoms with E-state index in [1.165, 1.54) is 5.56 Å². The van der Waals surface area contributed by atoms with Gasteiger partial charge in [0.05, 0.1) is 6.04 Å². The molecule has 2 heteroatoms. The summed E-state index contributed by atoms with van der Waals surface area (Å²) < 4.78 is 0. The van der Waals surface area contributed by atoms with Gasteiger partial charge in [0.15, 0.2) is 5.78 Å². The zero-order chi connectivity index (χ0) is 9.84. The van der Waals surface area contributed by atoms with E-state index < -0.39 is 6.04 Å². The normalized spacial score (nSPS) is 12.5. The molecule has 0 aliphatic heterocycles. The van der Waals surface area contributed by atoms with Crippen LogP contribution < -0.4 is 5.73 Å². The van der Waals surface area contributed by atoms with Gasteiger partial charge in [0.1, 0.15) is 0 Å². The first-order valence-electron chi connectivity index (χ1n) is 4.50. The highest BCUT2D eigenvalue weighted by Gasteiger charge is 2.12. The molecule has 0 heterocycles. The lowest BCUT2D eigenvalue weighted by Gasteiger charge is -2.09. The smallest absolute Gasteiger partial charge is 0.153 e. The third-order valence-electron chi connectivity index (χ3n) is 2.13. The van der Waals surface area contributed by atoms with Crippen LogP contribution in [0, 0.1) is 6.92 Å². The van der Waals surface area contributed by atoms with Crippen LogP contribution in [-0.4, -0.2) is 5.78 Å². The molecular weight excluding hydrogens is 162 g/mol. The van der Waals surface area contributed by atoms with Crippen LogP contribution in [-0.2, 0) is 4.79 Å². The Morgan fingerprint density at radius 2 is 1.92 bits per heavy atom. The van der Waals surface area contributed by atoms with Crippen LogP contribution in [0.2, 0.25) is 0 Å². The van der Waals surface area contributed by atoms with Crippen molar-refractivity contribution >= 4 is 5.78 Å². The van der Waals surface area contributed by atoms with Gasteiger partial charge in [0.25, 0.3) is 0 Å². The second-order valence-corrected chi connectivity index (χ2v) is 3.21. The van der Waals surface area contributed by atoms with Gasteiger partial charge < -0.3 is 5.73 Å². The second kappa shape index (κ2) is 4.19. The van der Waals surface area contributed by atoms with Gasteiger partial charge in [-0.3, -0.25) is 4.79 Å². The number of benzene rings is 1. The van der Waals surface area contributed by atoms with Gasteiger partial charge in [-0.25, -0.2) is 0 Å². The van der Waals surface area contributed by atoms with E-state index in [1.54, 1.807) is 0 Å². The van der Waals surface area contributed by atoms with Gasteiger partial charge in [-0.1, -0.05) is 36.8 Å². The van der Waals surface area contributed by atoms with Crippen LogP contribution in [0.1, 0.15) is 30.5 Å². The molecule has 0 aromatic heterocycles. The summed E-state index contributed by atoms with van der Waals surface area (Å²) in [6.45, 7) is 3.84. The Morgan fingerprint density at radius 1 is 1.38 bits per heavy atom. The fraction of sp³-hybridized carbons (Fsp3) is 0.364. The standard InChI is InChI=1S/C11H15NO/c1-3-10(13)11(12)9-6-4-8(2)5-7-9/h4-7,11H,3,12H2,1-2H3. The Kier molecular flexibility index (Phi) is 3.20. The molecule has 2 N–H and O–H groups in total. The molecule has 2 nitrogen and oxygen atoms in total. The maximum atomic E-state index is 11.3. The molecule has 0 saturated carbocycles. The van der Waals surface area contributed by atoms with Crippen LogP contribution >= 0.6 is 0 Å². The molecule has 0 amide bonds. The van der Waals surface area contributed by atoms with Gasteiger partial charge in [0.2, 0.25) is 0 Å². The summed E-state index contributed by atoms with van der Waals surface area (Å²) in [7, 11) is 0. The molecule has 1 aromatic rings. The third-order valence-corrected chi connectivity index (χ3v) is 2.13. The summed E-state index contributed by atoms with van der Waals surface area (Å²) in [5.41, 5.74) is 7.83. The van der Waals surface area contributed by atoms with Crippen molar-refractivity contribution < 1.29 is 4.79 Å². The van der Waals surface area contributed by atoms with Crippen molar-refractivity contribution in [2.24, 2.45) is 5.73 Å². The number of nitrogens with two attached hydrogens (primary N) is 1. The predicted octanol–water partition coefficient (Wildman–Crippen LogP) is 1.97. The first kappa shape index (κ1) is 9.93. The number of carbonyl (C=O) groups excluding carboxylic acids is 1. The van der Waals surface area contributed by atoms with E-state index >= 15 is 0 Å². The van der Waals surface area contributed by atoms with Crippen LogP contribution in [0.15, 0.2) is 24.3 Å². The Balaban J connectivity index is 2.83. The fourth-order valence-corrected chi connectivity index (χ4v) is 1.18. The lowest BCUT2D eigenvalue weighted by molar-refractivity contribution is -0.120. The highest BCUT2D eigenvalue weighted by molar-refractivity contribution is 5.84. The monoisotopic (exact) mass is 177 g/mol. The molecule has 0 aliphatic carbocycles. The summed E-state index contributed by atoms with van der Waals surface area (Å²) in [6.07, 6.45) is 0.495. The van der Waals surface area contributed by atoms with Crippen molar-refractivity contribution in [3.05, 3.63) is 35.4 Å². The zero-order valence-corrected chi connectivity index (χ0v) is 8.08. The second-order valence-electron chi connectivity index (χ2n) is 3.21. The molecule has 0 saturated heterocycles. The molecule has 13 heavy (non-hydrogen) atoms. The van der Waals surface area contributed by atoms with Crippen molar-refractivity contribution in [2.75, 3.05) is 0 Å².